The van der Waals surface area contributed by atoms with Crippen LogP contribution in [0.3, 0.4) is 0 Å². The number of aromatic nitrogens is 1. The van der Waals surface area contributed by atoms with Crippen molar-refractivity contribution in [3.8, 4) is 11.1 Å². The predicted octanol–water partition coefficient (Wildman–Crippen LogP) is 6.53. The molecule has 3 aromatic rings. The number of aldehydes is 1. The molecule has 7 heteroatoms. The van der Waals surface area contributed by atoms with Gasteiger partial charge in [-0.25, -0.2) is 4.79 Å². The molecule has 2 N–H and O–H groups in total. The summed E-state index contributed by atoms with van der Waals surface area (Å²) in [4.78, 5) is 26.9. The van der Waals surface area contributed by atoms with E-state index in [-0.39, 0.29) is 5.88 Å². The lowest BCUT2D eigenvalue weighted by Crippen LogP contribution is -2.32. The second-order valence-corrected chi connectivity index (χ2v) is 9.49. The molecule has 180 valence electrons. The predicted molar refractivity (Wildman–Crippen MR) is 138 cm³/mol. The van der Waals surface area contributed by atoms with Crippen LogP contribution in [0, 0.1) is 25.7 Å². The third kappa shape index (κ3) is 6.25. The van der Waals surface area contributed by atoms with Gasteiger partial charge in [-0.2, -0.15) is 0 Å². The fourth-order valence-corrected chi connectivity index (χ4v) is 4.01. The summed E-state index contributed by atoms with van der Waals surface area (Å²) in [5.74, 6) is 1.15. The third-order valence-corrected chi connectivity index (χ3v) is 5.37. The average Bonchev–Trinajstić information content (AvgIpc) is 3.16. The first kappa shape index (κ1) is 25.0. The molecule has 0 aliphatic carbocycles. The minimum Gasteiger partial charge on any atom is -0.369 e. The number of nitrogens with one attached hydrogen (secondary N) is 2. The zero-order chi connectivity index (χ0) is 24.8. The Kier molecular flexibility index (Phi) is 8.10. The highest BCUT2D eigenvalue weighted by Crippen LogP contribution is 2.34. The molecule has 1 heterocycles. The van der Waals surface area contributed by atoms with Crippen LogP contribution in [0.1, 0.15) is 49.3 Å². The molecule has 7 nitrogen and oxygen atoms in total. The summed E-state index contributed by atoms with van der Waals surface area (Å²) in [6.07, 6.45) is 0.883. The van der Waals surface area contributed by atoms with Crippen LogP contribution < -0.4 is 15.5 Å². The summed E-state index contributed by atoms with van der Waals surface area (Å²) < 4.78 is 5.12. The molecular formula is C27H34N4O3. The second kappa shape index (κ2) is 11.0. The van der Waals surface area contributed by atoms with Gasteiger partial charge in [-0.15, -0.1) is 0 Å². The number of carbonyl (C=O) groups excluding carboxylic acids is 2. The highest BCUT2D eigenvalue weighted by molar-refractivity contribution is 6.02. The normalized spacial score (nSPS) is 11.1. The molecule has 34 heavy (non-hydrogen) atoms. The molecule has 0 bridgehead atoms. The molecule has 1 aromatic heterocycles. The van der Waals surface area contributed by atoms with Crippen molar-refractivity contribution in [2.24, 2.45) is 11.8 Å². The Labute approximate surface area is 201 Å². The minimum absolute atomic E-state index is 0.274. The molecule has 0 fully saturated rings. The first-order valence-electron chi connectivity index (χ1n) is 11.6. The molecule has 0 aliphatic rings. The fraction of sp³-hybridized carbons (Fsp3) is 0.370. The van der Waals surface area contributed by atoms with Crippen molar-refractivity contribution >= 4 is 29.6 Å². The van der Waals surface area contributed by atoms with Crippen LogP contribution in [0.2, 0.25) is 0 Å². The van der Waals surface area contributed by atoms with Gasteiger partial charge < -0.3 is 14.7 Å². The van der Waals surface area contributed by atoms with E-state index in [1.54, 1.807) is 13.0 Å². The number of nitrogens with zero attached hydrogens (tertiary/aromatic N) is 2. The van der Waals surface area contributed by atoms with Gasteiger partial charge in [0.15, 0.2) is 6.29 Å². The summed E-state index contributed by atoms with van der Waals surface area (Å²) in [5, 5.41) is 9.50. The lowest BCUT2D eigenvalue weighted by Gasteiger charge is -2.30. The van der Waals surface area contributed by atoms with Crippen LogP contribution in [0.25, 0.3) is 11.1 Å². The Morgan fingerprint density at radius 3 is 2.32 bits per heavy atom. The SMILES string of the molecule is Cc1cc(NC(=O)Nc2cc(-c3cccc(C)c3C=O)ccc2N(CC(C)C)CC(C)C)on1. The Morgan fingerprint density at radius 1 is 1.03 bits per heavy atom. The molecular weight excluding hydrogens is 428 g/mol. The van der Waals surface area contributed by atoms with E-state index in [0.717, 1.165) is 41.8 Å². The lowest BCUT2D eigenvalue weighted by molar-refractivity contribution is 0.112. The van der Waals surface area contributed by atoms with Gasteiger partial charge in [-0.05, 0) is 54.5 Å². The highest BCUT2D eigenvalue weighted by Gasteiger charge is 2.18. The van der Waals surface area contributed by atoms with Crippen molar-refractivity contribution in [2.45, 2.75) is 41.5 Å². The van der Waals surface area contributed by atoms with Gasteiger partial charge in [0, 0.05) is 24.7 Å². The molecule has 0 atom stereocenters. The van der Waals surface area contributed by atoms with Gasteiger partial charge >= 0.3 is 6.03 Å². The largest absolute Gasteiger partial charge is 0.369 e. The summed E-state index contributed by atoms with van der Waals surface area (Å²) in [7, 11) is 0. The Bertz CT molecular complexity index is 1140. The third-order valence-electron chi connectivity index (χ3n) is 5.37. The fourth-order valence-electron chi connectivity index (χ4n) is 4.01. The van der Waals surface area contributed by atoms with Crippen molar-refractivity contribution in [1.82, 2.24) is 5.16 Å². The smallest absolute Gasteiger partial charge is 0.326 e. The zero-order valence-corrected chi connectivity index (χ0v) is 20.8. The number of amides is 2. The van der Waals surface area contributed by atoms with E-state index in [0.29, 0.717) is 28.8 Å². The molecule has 0 saturated heterocycles. The van der Waals surface area contributed by atoms with E-state index in [1.807, 2.05) is 43.3 Å². The van der Waals surface area contributed by atoms with Gasteiger partial charge in [-0.3, -0.25) is 10.1 Å². The number of carbonyl (C=O) groups is 2. The number of hydrogen-bond acceptors (Lipinski definition) is 5. The van der Waals surface area contributed by atoms with Gasteiger partial charge in [-0.1, -0.05) is 57.1 Å². The van der Waals surface area contributed by atoms with Crippen LogP contribution in [0.5, 0.6) is 0 Å². The topological polar surface area (TPSA) is 87.5 Å². The molecule has 0 aliphatic heterocycles. The van der Waals surface area contributed by atoms with E-state index in [1.165, 1.54) is 0 Å². The number of benzene rings is 2. The van der Waals surface area contributed by atoms with E-state index >= 15 is 0 Å². The monoisotopic (exact) mass is 462 g/mol. The van der Waals surface area contributed by atoms with Gasteiger partial charge in [0.1, 0.15) is 0 Å². The Balaban J connectivity index is 2.04. The van der Waals surface area contributed by atoms with Crippen molar-refractivity contribution in [2.75, 3.05) is 28.6 Å². The van der Waals surface area contributed by atoms with E-state index < -0.39 is 6.03 Å². The first-order valence-corrected chi connectivity index (χ1v) is 11.6. The van der Waals surface area contributed by atoms with E-state index in [4.69, 9.17) is 4.52 Å². The van der Waals surface area contributed by atoms with Crippen molar-refractivity contribution in [1.29, 1.82) is 0 Å². The number of urea groups is 1. The summed E-state index contributed by atoms with van der Waals surface area (Å²) in [6, 6.07) is 13.0. The number of hydrogen-bond donors (Lipinski definition) is 2. The molecule has 0 spiro atoms. The summed E-state index contributed by atoms with van der Waals surface area (Å²) >= 11 is 0. The molecule has 2 amide bonds. The Morgan fingerprint density at radius 2 is 1.74 bits per heavy atom. The van der Waals surface area contributed by atoms with Gasteiger partial charge in [0.2, 0.25) is 5.88 Å². The highest BCUT2D eigenvalue weighted by atomic mass is 16.5. The summed E-state index contributed by atoms with van der Waals surface area (Å²) in [5.41, 5.74) is 5.50. The number of anilines is 3. The zero-order valence-electron chi connectivity index (χ0n) is 20.8. The van der Waals surface area contributed by atoms with E-state index in [9.17, 15) is 9.59 Å². The van der Waals surface area contributed by atoms with Crippen molar-refractivity contribution in [3.05, 3.63) is 59.3 Å². The summed E-state index contributed by atoms with van der Waals surface area (Å²) in [6.45, 7) is 14.1. The maximum Gasteiger partial charge on any atom is 0.326 e. The lowest BCUT2D eigenvalue weighted by atomic mass is 9.96. The van der Waals surface area contributed by atoms with Gasteiger partial charge in [0.05, 0.1) is 17.1 Å². The second-order valence-electron chi connectivity index (χ2n) is 9.49. The van der Waals surface area contributed by atoms with Crippen LogP contribution in [-0.2, 0) is 0 Å². The van der Waals surface area contributed by atoms with Crippen LogP contribution in [-0.4, -0.2) is 30.6 Å². The molecule has 0 unspecified atom stereocenters. The minimum atomic E-state index is -0.427. The quantitative estimate of drug-likeness (QED) is 0.353. The number of rotatable bonds is 9. The standard InChI is InChI=1S/C27H34N4O3/c1-17(2)14-31(15-18(3)4)25-11-10-21(22-9-7-8-19(5)23(22)16-32)13-24(25)28-27(33)29-26-12-20(6)30-34-26/h7-13,16-18H,14-15H2,1-6H3,(H2,28,29,33). The van der Waals surface area contributed by atoms with E-state index in [2.05, 4.69) is 48.4 Å². The maximum atomic E-state index is 12.9. The molecule has 0 saturated carbocycles. The van der Waals surface area contributed by atoms with Crippen molar-refractivity contribution < 1.29 is 14.1 Å². The Hall–Kier alpha value is -3.61. The molecule has 3 rings (SSSR count). The average molecular weight is 463 g/mol. The first-order chi connectivity index (χ1) is 16.2. The molecule has 0 radical (unpaired) electrons. The van der Waals surface area contributed by atoms with Crippen molar-refractivity contribution in [3.63, 3.8) is 0 Å². The maximum absolute atomic E-state index is 12.9. The molecule has 2 aromatic carbocycles. The van der Waals surface area contributed by atoms with Crippen LogP contribution >= 0.6 is 0 Å². The number of aryl methyl sites for hydroxylation is 2. The van der Waals surface area contributed by atoms with Gasteiger partial charge in [0.25, 0.3) is 0 Å². The van der Waals surface area contributed by atoms with Crippen LogP contribution in [0.4, 0.5) is 22.1 Å². The van der Waals surface area contributed by atoms with Crippen LogP contribution in [0.15, 0.2) is 47.0 Å².